The summed E-state index contributed by atoms with van der Waals surface area (Å²) in [5.41, 5.74) is 2.13. The van der Waals surface area contributed by atoms with E-state index in [1.54, 1.807) is 48.5 Å². The van der Waals surface area contributed by atoms with Crippen LogP contribution in [0.5, 0.6) is 5.75 Å². The molecule has 0 saturated heterocycles. The highest BCUT2D eigenvalue weighted by Crippen LogP contribution is 2.22. The summed E-state index contributed by atoms with van der Waals surface area (Å²) in [6.07, 6.45) is 0. The number of rotatable bonds is 7. The van der Waals surface area contributed by atoms with Crippen LogP contribution in [0, 0.1) is 6.92 Å². The first kappa shape index (κ1) is 19.7. The molecule has 152 valence electrons. The van der Waals surface area contributed by atoms with Crippen LogP contribution in [-0.4, -0.2) is 18.6 Å². The lowest BCUT2D eigenvalue weighted by atomic mass is 10.2. The van der Waals surface area contributed by atoms with Crippen LogP contribution in [0.2, 0.25) is 0 Å². The molecule has 0 spiro atoms. The van der Waals surface area contributed by atoms with Gasteiger partial charge in [0.2, 0.25) is 5.82 Å². The van der Waals surface area contributed by atoms with Crippen molar-refractivity contribution in [2.24, 2.45) is 0 Å². The van der Waals surface area contributed by atoms with Gasteiger partial charge < -0.3 is 9.26 Å². The summed E-state index contributed by atoms with van der Waals surface area (Å²) in [6, 6.07) is 22.7. The quantitative estimate of drug-likeness (QED) is 0.475. The number of aryl methyl sites for hydroxylation is 1. The third-order valence-corrected chi connectivity index (χ3v) is 5.70. The van der Waals surface area contributed by atoms with Gasteiger partial charge in [-0.15, -0.1) is 0 Å². The number of anilines is 1. The third-order valence-electron chi connectivity index (χ3n) is 4.30. The Hall–Kier alpha value is -3.65. The normalized spacial score (nSPS) is 11.2. The second-order valence-electron chi connectivity index (χ2n) is 6.61. The van der Waals surface area contributed by atoms with Crippen LogP contribution in [0.1, 0.15) is 11.5 Å². The molecule has 1 heterocycles. The van der Waals surface area contributed by atoms with Crippen LogP contribution in [0.15, 0.2) is 88.3 Å². The number of hydrogen-bond donors (Lipinski definition) is 1. The summed E-state index contributed by atoms with van der Waals surface area (Å²) in [5.74, 6) is 1.45. The molecule has 0 amide bonds. The molecule has 3 aromatic carbocycles. The number of nitrogens with zero attached hydrogens (tertiary/aromatic N) is 2. The molecule has 7 nitrogen and oxygen atoms in total. The molecular formula is C22H19N3O4S. The van der Waals surface area contributed by atoms with Crippen molar-refractivity contribution in [3.63, 3.8) is 0 Å². The molecule has 0 radical (unpaired) electrons. The van der Waals surface area contributed by atoms with Gasteiger partial charge in [-0.1, -0.05) is 41.1 Å². The fourth-order valence-corrected chi connectivity index (χ4v) is 3.77. The van der Waals surface area contributed by atoms with Gasteiger partial charge in [-0.05, 0) is 55.5 Å². The Morgan fingerprint density at radius 1 is 0.933 bits per heavy atom. The lowest BCUT2D eigenvalue weighted by Gasteiger charge is -2.08. The average Bonchev–Trinajstić information content (AvgIpc) is 3.23. The van der Waals surface area contributed by atoms with Gasteiger partial charge in [-0.3, -0.25) is 4.72 Å². The van der Waals surface area contributed by atoms with E-state index in [-0.39, 0.29) is 11.5 Å². The van der Waals surface area contributed by atoms with Gasteiger partial charge in [0.15, 0.2) is 6.61 Å². The molecule has 0 aliphatic carbocycles. The van der Waals surface area contributed by atoms with Crippen molar-refractivity contribution in [3.05, 3.63) is 90.3 Å². The number of nitrogens with one attached hydrogen (secondary N) is 1. The van der Waals surface area contributed by atoms with Crippen LogP contribution in [0.25, 0.3) is 11.4 Å². The lowest BCUT2D eigenvalue weighted by molar-refractivity contribution is 0.243. The Labute approximate surface area is 174 Å². The fourth-order valence-electron chi connectivity index (χ4n) is 2.71. The fraction of sp³-hybridized carbons (Fsp3) is 0.0909. The molecule has 4 rings (SSSR count). The molecule has 0 aliphatic rings. The molecule has 1 aromatic heterocycles. The molecule has 0 aliphatic heterocycles. The van der Waals surface area contributed by atoms with Crippen LogP contribution >= 0.6 is 0 Å². The van der Waals surface area contributed by atoms with E-state index in [0.29, 0.717) is 28.7 Å². The predicted molar refractivity (Wildman–Crippen MR) is 112 cm³/mol. The Kier molecular flexibility index (Phi) is 5.49. The van der Waals surface area contributed by atoms with Crippen molar-refractivity contribution in [1.29, 1.82) is 0 Å². The summed E-state index contributed by atoms with van der Waals surface area (Å²) in [5, 5.41) is 3.95. The first-order valence-corrected chi connectivity index (χ1v) is 10.7. The molecule has 0 unspecified atom stereocenters. The summed E-state index contributed by atoms with van der Waals surface area (Å²) < 4.78 is 38.4. The van der Waals surface area contributed by atoms with Gasteiger partial charge in [0.05, 0.1) is 4.90 Å². The highest BCUT2D eigenvalue weighted by atomic mass is 32.2. The molecule has 4 aromatic rings. The van der Waals surface area contributed by atoms with Crippen molar-refractivity contribution in [1.82, 2.24) is 10.1 Å². The predicted octanol–water partition coefficient (Wildman–Crippen LogP) is 4.42. The van der Waals surface area contributed by atoms with E-state index < -0.39 is 10.0 Å². The highest BCUT2D eigenvalue weighted by Gasteiger charge is 2.14. The Morgan fingerprint density at radius 3 is 2.33 bits per heavy atom. The number of para-hydroxylation sites is 1. The maximum absolute atomic E-state index is 12.5. The zero-order valence-electron chi connectivity index (χ0n) is 16.1. The van der Waals surface area contributed by atoms with Crippen molar-refractivity contribution in [3.8, 4) is 17.1 Å². The topological polar surface area (TPSA) is 94.3 Å². The summed E-state index contributed by atoms with van der Waals surface area (Å²) >= 11 is 0. The van der Waals surface area contributed by atoms with Gasteiger partial charge >= 0.3 is 0 Å². The molecule has 0 saturated carbocycles. The second-order valence-corrected chi connectivity index (χ2v) is 8.29. The van der Waals surface area contributed by atoms with E-state index in [9.17, 15) is 8.42 Å². The van der Waals surface area contributed by atoms with E-state index in [2.05, 4.69) is 14.9 Å². The SMILES string of the molecule is Cc1ccc(S(=O)(=O)Nc2ccc(-c3noc(COc4ccccc4)n3)cc2)cc1. The lowest BCUT2D eigenvalue weighted by Crippen LogP contribution is -2.12. The van der Waals surface area contributed by atoms with Gasteiger partial charge in [-0.2, -0.15) is 4.98 Å². The van der Waals surface area contributed by atoms with Crippen LogP contribution in [0.3, 0.4) is 0 Å². The van der Waals surface area contributed by atoms with E-state index >= 15 is 0 Å². The number of sulfonamides is 1. The second kappa shape index (κ2) is 8.38. The Balaban J connectivity index is 1.42. The molecule has 0 fully saturated rings. The molecular weight excluding hydrogens is 402 g/mol. The molecule has 30 heavy (non-hydrogen) atoms. The van der Waals surface area contributed by atoms with Gasteiger partial charge in [0.1, 0.15) is 5.75 Å². The van der Waals surface area contributed by atoms with Crippen molar-refractivity contribution >= 4 is 15.7 Å². The summed E-state index contributed by atoms with van der Waals surface area (Å²) in [6.45, 7) is 2.06. The van der Waals surface area contributed by atoms with Gasteiger partial charge in [0, 0.05) is 11.3 Å². The van der Waals surface area contributed by atoms with E-state index in [1.807, 2.05) is 37.3 Å². The standard InChI is InChI=1S/C22H19N3O4S/c1-16-7-13-20(14-8-16)30(26,27)25-18-11-9-17(10-12-18)22-23-21(29-24-22)15-28-19-5-3-2-4-6-19/h2-14,25H,15H2,1H3. The third kappa shape index (κ3) is 4.66. The number of ether oxygens (including phenoxy) is 1. The first-order valence-electron chi connectivity index (χ1n) is 9.20. The summed E-state index contributed by atoms with van der Waals surface area (Å²) in [7, 11) is -3.65. The smallest absolute Gasteiger partial charge is 0.264 e. The van der Waals surface area contributed by atoms with Gasteiger partial charge in [-0.25, -0.2) is 8.42 Å². The first-order chi connectivity index (χ1) is 14.5. The van der Waals surface area contributed by atoms with E-state index in [0.717, 1.165) is 5.56 Å². The number of hydrogen-bond acceptors (Lipinski definition) is 6. The number of aromatic nitrogens is 2. The minimum absolute atomic E-state index is 0.158. The maximum atomic E-state index is 12.5. The molecule has 0 bridgehead atoms. The Bertz CT molecular complexity index is 1220. The van der Waals surface area contributed by atoms with Crippen molar-refractivity contribution in [2.45, 2.75) is 18.4 Å². The molecule has 0 atom stereocenters. The maximum Gasteiger partial charge on any atom is 0.264 e. The molecule has 8 heteroatoms. The Morgan fingerprint density at radius 2 is 1.63 bits per heavy atom. The van der Waals surface area contributed by atoms with E-state index in [1.165, 1.54) is 0 Å². The van der Waals surface area contributed by atoms with Crippen molar-refractivity contribution in [2.75, 3.05) is 4.72 Å². The van der Waals surface area contributed by atoms with Crippen molar-refractivity contribution < 1.29 is 17.7 Å². The molecule has 1 N–H and O–H groups in total. The minimum Gasteiger partial charge on any atom is -0.484 e. The zero-order valence-corrected chi connectivity index (χ0v) is 17.0. The monoisotopic (exact) mass is 421 g/mol. The largest absolute Gasteiger partial charge is 0.484 e. The average molecular weight is 421 g/mol. The van der Waals surface area contributed by atoms with Crippen LogP contribution < -0.4 is 9.46 Å². The van der Waals surface area contributed by atoms with E-state index in [4.69, 9.17) is 9.26 Å². The zero-order chi connectivity index (χ0) is 21.0. The number of benzene rings is 3. The highest BCUT2D eigenvalue weighted by molar-refractivity contribution is 7.92. The van der Waals surface area contributed by atoms with Crippen LogP contribution in [-0.2, 0) is 16.6 Å². The van der Waals surface area contributed by atoms with Gasteiger partial charge in [0.25, 0.3) is 15.9 Å². The minimum atomic E-state index is -3.65. The summed E-state index contributed by atoms with van der Waals surface area (Å²) in [4.78, 5) is 4.52. The van der Waals surface area contributed by atoms with Crippen LogP contribution in [0.4, 0.5) is 5.69 Å².